The minimum absolute atomic E-state index is 0.0606. The summed E-state index contributed by atoms with van der Waals surface area (Å²) < 4.78 is 18.5. The fourth-order valence-electron chi connectivity index (χ4n) is 2.67. The van der Waals surface area contributed by atoms with Gasteiger partial charge < -0.3 is 28.3 Å². The molecule has 1 aromatic heterocycles. The van der Waals surface area contributed by atoms with E-state index in [2.05, 4.69) is 20.6 Å². The zero-order valence-electron chi connectivity index (χ0n) is 12.2. The maximum Gasteiger partial charge on any atom is 0.199 e. The van der Waals surface area contributed by atoms with Crippen LogP contribution in [0, 0.1) is 0 Å². The lowest BCUT2D eigenvalue weighted by atomic mass is 10.2. The molecule has 22 heavy (non-hydrogen) atoms. The molecular formula is C12H18IN5O4. The molecule has 3 rings (SSSR count). The second-order valence-electron chi connectivity index (χ2n) is 5.08. The zero-order chi connectivity index (χ0) is 15.7. The third-order valence-electron chi connectivity index (χ3n) is 3.75. The van der Waals surface area contributed by atoms with Crippen molar-refractivity contribution in [2.24, 2.45) is 4.99 Å². The average molecular weight is 423 g/mol. The van der Waals surface area contributed by atoms with Crippen molar-refractivity contribution in [3.63, 3.8) is 0 Å². The predicted molar refractivity (Wildman–Crippen MR) is 86.6 cm³/mol. The van der Waals surface area contributed by atoms with Gasteiger partial charge in [-0.2, -0.15) is 0 Å². The van der Waals surface area contributed by atoms with E-state index in [-0.39, 0.29) is 18.4 Å². The Morgan fingerprint density at radius 3 is 3.14 bits per heavy atom. The first-order valence-electron chi connectivity index (χ1n) is 6.84. The molecule has 0 spiro atoms. The molecule has 3 heterocycles. The lowest BCUT2D eigenvalue weighted by Crippen LogP contribution is -2.39. The van der Waals surface area contributed by atoms with Crippen molar-refractivity contribution in [1.29, 1.82) is 0 Å². The van der Waals surface area contributed by atoms with Gasteiger partial charge in [-0.25, -0.2) is 4.98 Å². The molecule has 0 saturated carbocycles. The molecule has 0 aliphatic carbocycles. The molecule has 0 bridgehead atoms. The van der Waals surface area contributed by atoms with Gasteiger partial charge in [0.25, 0.3) is 0 Å². The van der Waals surface area contributed by atoms with Crippen LogP contribution in [0.4, 0.5) is 5.82 Å². The fourth-order valence-corrected chi connectivity index (χ4v) is 3.20. The van der Waals surface area contributed by atoms with Crippen molar-refractivity contribution in [3.8, 4) is 0 Å². The summed E-state index contributed by atoms with van der Waals surface area (Å²) in [5, 5.41) is 16.0. The smallest absolute Gasteiger partial charge is 0.199 e. The van der Waals surface area contributed by atoms with Crippen LogP contribution in [0.25, 0.3) is 0 Å². The third-order valence-corrected chi connectivity index (χ3v) is 4.40. The summed E-state index contributed by atoms with van der Waals surface area (Å²) in [5.41, 5.74) is 0.512. The van der Waals surface area contributed by atoms with Crippen LogP contribution in [0.1, 0.15) is 24.6 Å². The van der Waals surface area contributed by atoms with E-state index in [1.54, 1.807) is 20.5 Å². The Balaban J connectivity index is 1.85. The number of halogens is 1. The van der Waals surface area contributed by atoms with E-state index in [9.17, 15) is 5.11 Å². The number of aliphatic hydroxyl groups is 1. The average Bonchev–Trinajstić information content (AvgIpc) is 3.11. The third kappa shape index (κ3) is 2.80. The molecule has 3 N–H and O–H groups in total. The Hall–Kier alpha value is -0.950. The van der Waals surface area contributed by atoms with Gasteiger partial charge >= 0.3 is 0 Å². The molecule has 2 aliphatic rings. The first kappa shape index (κ1) is 15.9. The van der Waals surface area contributed by atoms with Crippen molar-refractivity contribution in [1.82, 2.24) is 14.9 Å². The number of guanidine groups is 1. The predicted octanol–water partition coefficient (Wildman–Crippen LogP) is 0.544. The highest BCUT2D eigenvalue weighted by Gasteiger charge is 2.39. The van der Waals surface area contributed by atoms with Crippen LogP contribution < -0.4 is 10.6 Å². The lowest BCUT2D eigenvalue weighted by Gasteiger charge is -2.25. The molecule has 10 heteroatoms. The number of aliphatic hydroxyl groups excluding tert-OH is 1. The number of ether oxygens (including phenoxy) is 2. The largest absolute Gasteiger partial charge is 0.382 e. The van der Waals surface area contributed by atoms with E-state index in [0.717, 1.165) is 0 Å². The summed E-state index contributed by atoms with van der Waals surface area (Å²) in [6, 6.07) is 0. The maximum atomic E-state index is 10.1. The summed E-state index contributed by atoms with van der Waals surface area (Å²) in [4.78, 5) is 8.28. The monoisotopic (exact) mass is 423 g/mol. The second-order valence-corrected chi connectivity index (χ2v) is 5.59. The molecule has 0 amide bonds. The Labute approximate surface area is 141 Å². The van der Waals surface area contributed by atoms with Crippen molar-refractivity contribution in [2.45, 2.75) is 31.1 Å². The number of anilines is 1. The van der Waals surface area contributed by atoms with Crippen molar-refractivity contribution < 1.29 is 17.6 Å². The van der Waals surface area contributed by atoms with E-state index < -0.39 is 6.23 Å². The lowest BCUT2D eigenvalue weighted by molar-refractivity contribution is -0.0446. The van der Waals surface area contributed by atoms with Gasteiger partial charge in [-0.15, -0.1) is 0 Å². The van der Waals surface area contributed by atoms with Gasteiger partial charge in [0, 0.05) is 20.6 Å². The van der Waals surface area contributed by atoms with Gasteiger partial charge in [0.1, 0.15) is 53.0 Å². The van der Waals surface area contributed by atoms with Crippen LogP contribution in [0.3, 0.4) is 0 Å². The zero-order valence-corrected chi connectivity index (χ0v) is 14.4. The number of aliphatic imine (C=N–C) groups is 1. The summed E-state index contributed by atoms with van der Waals surface area (Å²) >= 11 is 1.88. The molecule has 1 fully saturated rings. The number of nitrogens with zero attached hydrogens (tertiary/aromatic N) is 3. The number of hydrogen-bond donors (Lipinski definition) is 3. The van der Waals surface area contributed by atoms with Crippen molar-refractivity contribution >= 4 is 34.8 Å². The topological polar surface area (TPSA) is 102 Å². The Morgan fingerprint density at radius 2 is 2.45 bits per heavy atom. The van der Waals surface area contributed by atoms with E-state index in [0.29, 0.717) is 30.5 Å². The highest BCUT2D eigenvalue weighted by molar-refractivity contribution is 14.1. The molecule has 1 saturated heterocycles. The molecule has 9 nitrogen and oxygen atoms in total. The van der Waals surface area contributed by atoms with Gasteiger partial charge in [0.2, 0.25) is 0 Å². The van der Waals surface area contributed by atoms with Gasteiger partial charge in [0.15, 0.2) is 12.2 Å². The molecule has 0 radical (unpaired) electrons. The summed E-state index contributed by atoms with van der Waals surface area (Å²) in [6.07, 6.45) is 0.969. The number of imidazole rings is 1. The molecular weight excluding hydrogens is 405 g/mol. The molecule has 2 aliphatic heterocycles. The van der Waals surface area contributed by atoms with Gasteiger partial charge in [0.05, 0.1) is 12.9 Å². The number of fused-ring (bicyclic) bond motifs is 1. The number of rotatable bonds is 4. The van der Waals surface area contributed by atoms with Gasteiger partial charge in [-0.3, -0.25) is 9.56 Å². The number of hydrogen-bond acceptors (Lipinski definition) is 6. The highest BCUT2D eigenvalue weighted by Crippen LogP contribution is 2.36. The first-order chi connectivity index (χ1) is 10.7. The van der Waals surface area contributed by atoms with Crippen LogP contribution in [0.5, 0.6) is 0 Å². The minimum atomic E-state index is -0.899. The highest BCUT2D eigenvalue weighted by atomic mass is 127. The molecule has 0 aromatic carbocycles. The van der Waals surface area contributed by atoms with Crippen LogP contribution in [0.2, 0.25) is 0 Å². The normalized spacial score (nSPS) is 32.6. The fraction of sp³-hybridized carbons (Fsp3) is 0.667. The van der Waals surface area contributed by atoms with E-state index in [1.165, 1.54) is 0 Å². The Bertz CT molecular complexity index is 566. The first-order valence-corrected chi connectivity index (χ1v) is 7.73. The van der Waals surface area contributed by atoms with E-state index in [4.69, 9.17) is 12.5 Å². The quantitative estimate of drug-likeness (QED) is 0.608. The summed E-state index contributed by atoms with van der Waals surface area (Å²) in [7, 11) is 3.27. The number of nitrogens with one attached hydrogen (secondary N) is 2. The van der Waals surface area contributed by atoms with Crippen LogP contribution >= 0.6 is 23.0 Å². The van der Waals surface area contributed by atoms with Gasteiger partial charge in [-0.05, 0) is 0 Å². The van der Waals surface area contributed by atoms with Crippen molar-refractivity contribution in [3.05, 3.63) is 12.0 Å². The molecule has 122 valence electrons. The summed E-state index contributed by atoms with van der Waals surface area (Å²) in [6.45, 7) is 0.459. The van der Waals surface area contributed by atoms with E-state index >= 15 is 0 Å². The summed E-state index contributed by atoms with van der Waals surface area (Å²) in [5.74, 6) is 1.15. The van der Waals surface area contributed by atoms with Crippen LogP contribution in [-0.4, -0.2) is 53.6 Å². The molecule has 4 atom stereocenters. The Morgan fingerprint density at radius 1 is 1.64 bits per heavy atom. The maximum absolute atomic E-state index is 10.1. The second kappa shape index (κ2) is 6.66. The number of methoxy groups -OCH3 is 1. The standard InChI is InChI=1S/C12H18IN5O4/c1-14-12-16-10-9(11(19)17-12)15-5-18(10)8-3-6(22-13)7(21-8)4-20-2/h5-8,11,19H,3-4H2,1-2H3,(H2,14,16,17)/t6?,7-,8-,11?/m1/s1. The Kier molecular flexibility index (Phi) is 4.82. The minimum Gasteiger partial charge on any atom is -0.382 e. The van der Waals surface area contributed by atoms with Crippen molar-refractivity contribution in [2.75, 3.05) is 26.1 Å². The van der Waals surface area contributed by atoms with E-state index in [1.807, 2.05) is 27.6 Å². The SMILES string of the molecule is CN=C1Nc2c(ncn2[C@H]2CC(OI)[C@@H](COC)O2)C(O)N1. The molecule has 1 aromatic rings. The van der Waals surface area contributed by atoms with Crippen LogP contribution in [0.15, 0.2) is 11.3 Å². The van der Waals surface area contributed by atoms with Crippen LogP contribution in [-0.2, 0) is 12.5 Å². The molecule has 2 unspecified atom stereocenters. The van der Waals surface area contributed by atoms with Gasteiger partial charge in [-0.1, -0.05) is 0 Å². The number of aromatic nitrogens is 2.